The molecule has 0 heterocycles. The summed E-state index contributed by atoms with van der Waals surface area (Å²) in [5.74, 6) is -1.07. The smallest absolute Gasteiger partial charge is 0.306 e. The van der Waals surface area contributed by atoms with Gasteiger partial charge in [0.2, 0.25) is 0 Å². The summed E-state index contributed by atoms with van der Waals surface area (Å²) in [6.07, 6.45) is 71.0. The molecule has 0 aromatic carbocycles. The minimum atomic E-state index is -0.829. The number of esters is 3. The Labute approximate surface area is 400 Å². The van der Waals surface area contributed by atoms with Crippen LogP contribution in [0.1, 0.15) is 226 Å². The van der Waals surface area contributed by atoms with Crippen LogP contribution in [0.15, 0.2) is 109 Å². The molecule has 0 aliphatic rings. The second kappa shape index (κ2) is 52.7. The summed E-state index contributed by atoms with van der Waals surface area (Å²) in [5.41, 5.74) is 0. The summed E-state index contributed by atoms with van der Waals surface area (Å²) in [4.78, 5) is 38.0. The van der Waals surface area contributed by atoms with Crippen LogP contribution in [0.4, 0.5) is 0 Å². The molecule has 1 unspecified atom stereocenters. The molecular weight excluding hydrogens is 805 g/mol. The van der Waals surface area contributed by atoms with Crippen molar-refractivity contribution in [1.29, 1.82) is 0 Å². The highest BCUT2D eigenvalue weighted by Gasteiger charge is 2.19. The van der Waals surface area contributed by atoms with Gasteiger partial charge in [-0.2, -0.15) is 0 Å². The number of allylic oxidation sites excluding steroid dienone is 18. The molecule has 6 heteroatoms. The van der Waals surface area contributed by atoms with Gasteiger partial charge in [-0.3, -0.25) is 14.4 Å². The molecule has 0 fully saturated rings. The number of ether oxygens (including phenoxy) is 3. The molecule has 0 rings (SSSR count). The number of hydrogen-bond donors (Lipinski definition) is 0. The molecule has 65 heavy (non-hydrogen) atoms. The normalized spacial score (nSPS) is 13.0. The van der Waals surface area contributed by atoms with E-state index in [0.717, 1.165) is 83.5 Å². The lowest BCUT2D eigenvalue weighted by Gasteiger charge is -2.18. The van der Waals surface area contributed by atoms with E-state index in [4.69, 9.17) is 14.2 Å². The highest BCUT2D eigenvalue weighted by molar-refractivity contribution is 5.71. The van der Waals surface area contributed by atoms with Crippen LogP contribution < -0.4 is 0 Å². The Balaban J connectivity index is 4.54. The fourth-order valence-electron chi connectivity index (χ4n) is 6.90. The molecule has 0 aromatic rings. The van der Waals surface area contributed by atoms with Crippen molar-refractivity contribution in [1.82, 2.24) is 0 Å². The van der Waals surface area contributed by atoms with Gasteiger partial charge in [0.25, 0.3) is 0 Å². The first-order valence-electron chi connectivity index (χ1n) is 26.4. The van der Waals surface area contributed by atoms with E-state index in [0.29, 0.717) is 19.3 Å². The maximum Gasteiger partial charge on any atom is 0.306 e. The Hall–Kier alpha value is -3.93. The SMILES string of the molecule is CC/C=C\C/C=C\C/C=C\C/C=C\C/C=C\CCCC(=O)OCC(COC(=O)CC/C=C\C/C=C\C/C=C\C/C=C\CC)OC(=O)CCCCCCCCCCCCCCCCCCC. The molecule has 368 valence electrons. The molecule has 0 N–H and O–H groups in total. The highest BCUT2D eigenvalue weighted by atomic mass is 16.6. The van der Waals surface area contributed by atoms with Crippen LogP contribution in [0.2, 0.25) is 0 Å². The molecular formula is C59H96O6. The Morgan fingerprint density at radius 2 is 0.631 bits per heavy atom. The molecule has 0 bridgehead atoms. The summed E-state index contributed by atoms with van der Waals surface area (Å²) in [5, 5.41) is 0. The molecule has 0 spiro atoms. The lowest BCUT2D eigenvalue weighted by atomic mass is 10.0. The number of rotatable bonds is 46. The molecule has 0 aliphatic heterocycles. The van der Waals surface area contributed by atoms with Crippen molar-refractivity contribution in [3.05, 3.63) is 109 Å². The average molecular weight is 901 g/mol. The Kier molecular flexibility index (Phi) is 49.5. The number of hydrogen-bond acceptors (Lipinski definition) is 6. The molecule has 6 nitrogen and oxygen atoms in total. The third kappa shape index (κ3) is 50.9. The molecule has 0 aliphatic carbocycles. The zero-order valence-electron chi connectivity index (χ0n) is 42.0. The monoisotopic (exact) mass is 901 g/mol. The standard InChI is InChI=1S/C59H96O6/c1-4-7-10-13-16-19-22-25-27-29-31-34-37-40-43-46-49-52-58(61)64-55-56(54-63-57(60)51-48-45-42-39-36-33-24-21-18-15-12-9-6-3)65-59(62)53-50-47-44-41-38-35-32-30-28-26-23-20-17-14-11-8-5-2/h7,9-10,12,16,18-19,21,25,27,31,33-34,36,40,42-43,45,56H,4-6,8,11,13-15,17,20,22-24,26,28-30,32,35,37-39,41,44,46-55H2,1-3H3/b10-7-,12-9-,19-16-,21-18-,27-25-,34-31-,36-33-,43-40-,45-42-. The fraction of sp³-hybridized carbons (Fsp3) is 0.644. The van der Waals surface area contributed by atoms with E-state index in [1.807, 2.05) is 12.2 Å². The first kappa shape index (κ1) is 61.1. The van der Waals surface area contributed by atoms with Crippen LogP contribution in [0, 0.1) is 0 Å². The van der Waals surface area contributed by atoms with Gasteiger partial charge in [-0.15, -0.1) is 0 Å². The van der Waals surface area contributed by atoms with Crippen molar-refractivity contribution in [2.75, 3.05) is 13.2 Å². The summed E-state index contributed by atoms with van der Waals surface area (Å²) in [7, 11) is 0. The van der Waals surface area contributed by atoms with Crippen LogP contribution in [-0.2, 0) is 28.6 Å². The third-order valence-corrected chi connectivity index (χ3v) is 10.8. The lowest BCUT2D eigenvalue weighted by molar-refractivity contribution is -0.166. The topological polar surface area (TPSA) is 78.9 Å². The zero-order chi connectivity index (χ0) is 47.2. The number of unbranched alkanes of at least 4 members (excludes halogenated alkanes) is 17. The van der Waals surface area contributed by atoms with E-state index in [1.54, 1.807) is 0 Å². The zero-order valence-corrected chi connectivity index (χ0v) is 42.0. The lowest BCUT2D eigenvalue weighted by Crippen LogP contribution is -2.30. The van der Waals surface area contributed by atoms with Crippen LogP contribution in [0.5, 0.6) is 0 Å². The molecule has 0 amide bonds. The summed E-state index contributed by atoms with van der Waals surface area (Å²) in [6.45, 7) is 6.29. The van der Waals surface area contributed by atoms with Crippen LogP contribution in [0.25, 0.3) is 0 Å². The van der Waals surface area contributed by atoms with Crippen molar-refractivity contribution in [3.63, 3.8) is 0 Å². The van der Waals surface area contributed by atoms with Gasteiger partial charge in [-0.05, 0) is 83.5 Å². The molecule has 0 saturated carbocycles. The van der Waals surface area contributed by atoms with E-state index in [2.05, 4.69) is 118 Å². The van der Waals surface area contributed by atoms with Crippen molar-refractivity contribution in [2.45, 2.75) is 232 Å². The Morgan fingerprint density at radius 3 is 1.02 bits per heavy atom. The van der Waals surface area contributed by atoms with Crippen LogP contribution in [0.3, 0.4) is 0 Å². The quantitative estimate of drug-likeness (QED) is 0.0262. The largest absolute Gasteiger partial charge is 0.462 e. The maximum atomic E-state index is 12.8. The molecule has 1 atom stereocenters. The average Bonchev–Trinajstić information content (AvgIpc) is 3.30. The van der Waals surface area contributed by atoms with Gasteiger partial charge in [0.1, 0.15) is 13.2 Å². The second-order valence-electron chi connectivity index (χ2n) is 17.0. The van der Waals surface area contributed by atoms with Gasteiger partial charge < -0.3 is 14.2 Å². The fourth-order valence-corrected chi connectivity index (χ4v) is 6.90. The van der Waals surface area contributed by atoms with Gasteiger partial charge >= 0.3 is 17.9 Å². The number of carbonyl (C=O) groups is 3. The first-order valence-corrected chi connectivity index (χ1v) is 26.4. The van der Waals surface area contributed by atoms with Gasteiger partial charge in [-0.25, -0.2) is 0 Å². The van der Waals surface area contributed by atoms with E-state index in [-0.39, 0.29) is 44.0 Å². The molecule has 0 radical (unpaired) electrons. The minimum absolute atomic E-state index is 0.130. The van der Waals surface area contributed by atoms with Crippen molar-refractivity contribution in [3.8, 4) is 0 Å². The summed E-state index contributed by atoms with van der Waals surface area (Å²) >= 11 is 0. The number of carbonyl (C=O) groups excluding carboxylic acids is 3. The van der Waals surface area contributed by atoms with E-state index in [1.165, 1.54) is 89.9 Å². The Morgan fingerprint density at radius 1 is 0.323 bits per heavy atom. The van der Waals surface area contributed by atoms with E-state index >= 15 is 0 Å². The van der Waals surface area contributed by atoms with E-state index in [9.17, 15) is 14.4 Å². The molecule has 0 saturated heterocycles. The van der Waals surface area contributed by atoms with Crippen LogP contribution >= 0.6 is 0 Å². The van der Waals surface area contributed by atoms with E-state index < -0.39 is 6.10 Å². The van der Waals surface area contributed by atoms with Crippen LogP contribution in [-0.4, -0.2) is 37.2 Å². The predicted molar refractivity (Wildman–Crippen MR) is 279 cm³/mol. The predicted octanol–water partition coefficient (Wildman–Crippen LogP) is 17.5. The van der Waals surface area contributed by atoms with Gasteiger partial charge in [0.05, 0.1) is 0 Å². The first-order chi connectivity index (χ1) is 32.0. The van der Waals surface area contributed by atoms with Gasteiger partial charge in [0.15, 0.2) is 6.10 Å². The highest BCUT2D eigenvalue weighted by Crippen LogP contribution is 2.15. The Bertz CT molecular complexity index is 1360. The molecule has 0 aromatic heterocycles. The summed E-state index contributed by atoms with van der Waals surface area (Å²) < 4.78 is 16.7. The third-order valence-electron chi connectivity index (χ3n) is 10.8. The summed E-state index contributed by atoms with van der Waals surface area (Å²) in [6, 6.07) is 0. The maximum absolute atomic E-state index is 12.8. The minimum Gasteiger partial charge on any atom is -0.462 e. The van der Waals surface area contributed by atoms with Gasteiger partial charge in [0, 0.05) is 19.3 Å². The van der Waals surface area contributed by atoms with Gasteiger partial charge in [-0.1, -0.05) is 233 Å². The van der Waals surface area contributed by atoms with Crippen molar-refractivity contribution in [2.24, 2.45) is 0 Å². The second-order valence-corrected chi connectivity index (χ2v) is 17.0. The van der Waals surface area contributed by atoms with Crippen molar-refractivity contribution >= 4 is 17.9 Å². The van der Waals surface area contributed by atoms with Crippen molar-refractivity contribution < 1.29 is 28.6 Å².